The van der Waals surface area contributed by atoms with Crippen LogP contribution in [0, 0.1) is 0 Å². The molecule has 0 radical (unpaired) electrons. The van der Waals surface area contributed by atoms with Crippen LogP contribution in [-0.2, 0) is 11.3 Å². The van der Waals surface area contributed by atoms with Crippen LogP contribution in [0.1, 0.15) is 19.4 Å². The fourth-order valence-corrected chi connectivity index (χ4v) is 2.20. The third-order valence-electron chi connectivity index (χ3n) is 3.47. The summed E-state index contributed by atoms with van der Waals surface area (Å²) < 4.78 is 5.22. The van der Waals surface area contributed by atoms with Crippen LogP contribution in [0.5, 0.6) is 5.75 Å². The van der Waals surface area contributed by atoms with Gasteiger partial charge in [-0.05, 0) is 48.4 Å². The lowest BCUT2D eigenvalue weighted by atomic mass is 10.1. The van der Waals surface area contributed by atoms with E-state index in [0.717, 1.165) is 16.7 Å². The molecule has 0 aliphatic carbocycles. The molecule has 21 heavy (non-hydrogen) atoms. The topological polar surface area (TPSA) is 50.4 Å². The van der Waals surface area contributed by atoms with Gasteiger partial charge in [0.2, 0.25) is 5.91 Å². The van der Waals surface area contributed by atoms with Gasteiger partial charge in [0.05, 0.1) is 13.2 Å². The van der Waals surface area contributed by atoms with Crippen molar-refractivity contribution in [3.63, 3.8) is 0 Å². The quantitative estimate of drug-likeness (QED) is 0.857. The number of nitrogens with one attached hydrogen (secondary N) is 2. The number of methoxy groups -OCH3 is 1. The molecule has 0 fully saturated rings. The standard InChI is InChI=1S/C17H22N2O2/c1-4-18-17(20)12(2)19-11-13-5-6-15-10-16(21-3)8-7-14(15)9-13/h5-10,12,19H,4,11H2,1-3H3,(H,18,20). The lowest BCUT2D eigenvalue weighted by Gasteiger charge is -2.13. The Labute approximate surface area is 125 Å². The summed E-state index contributed by atoms with van der Waals surface area (Å²) in [5.74, 6) is 0.890. The second-order valence-corrected chi connectivity index (χ2v) is 5.04. The first kappa shape index (κ1) is 15.3. The van der Waals surface area contributed by atoms with Gasteiger partial charge in [0.1, 0.15) is 5.75 Å². The van der Waals surface area contributed by atoms with Gasteiger partial charge in [0.25, 0.3) is 0 Å². The molecule has 0 saturated heterocycles. The van der Waals surface area contributed by atoms with Gasteiger partial charge in [-0.15, -0.1) is 0 Å². The summed E-state index contributed by atoms with van der Waals surface area (Å²) in [6, 6.07) is 12.1. The number of benzene rings is 2. The third-order valence-corrected chi connectivity index (χ3v) is 3.47. The summed E-state index contributed by atoms with van der Waals surface area (Å²) >= 11 is 0. The summed E-state index contributed by atoms with van der Waals surface area (Å²) in [7, 11) is 1.67. The number of likely N-dealkylation sites (N-methyl/N-ethyl adjacent to an activating group) is 1. The van der Waals surface area contributed by atoms with Gasteiger partial charge < -0.3 is 15.4 Å². The van der Waals surface area contributed by atoms with Crippen LogP contribution in [0.3, 0.4) is 0 Å². The number of rotatable bonds is 6. The number of ether oxygens (including phenoxy) is 1. The van der Waals surface area contributed by atoms with E-state index in [9.17, 15) is 4.79 Å². The van der Waals surface area contributed by atoms with Crippen LogP contribution in [0.4, 0.5) is 0 Å². The van der Waals surface area contributed by atoms with Crippen molar-refractivity contribution in [1.29, 1.82) is 0 Å². The molecular formula is C17H22N2O2. The molecule has 4 heteroatoms. The number of fused-ring (bicyclic) bond motifs is 1. The molecule has 2 N–H and O–H groups in total. The first-order valence-corrected chi connectivity index (χ1v) is 7.22. The Morgan fingerprint density at radius 2 is 1.90 bits per heavy atom. The molecule has 2 rings (SSSR count). The highest BCUT2D eigenvalue weighted by Crippen LogP contribution is 2.21. The second-order valence-electron chi connectivity index (χ2n) is 5.04. The van der Waals surface area contributed by atoms with E-state index in [4.69, 9.17) is 4.74 Å². The van der Waals surface area contributed by atoms with Crippen molar-refractivity contribution in [2.24, 2.45) is 0 Å². The highest BCUT2D eigenvalue weighted by Gasteiger charge is 2.10. The van der Waals surface area contributed by atoms with Crippen LogP contribution < -0.4 is 15.4 Å². The van der Waals surface area contributed by atoms with Crippen LogP contribution in [0.15, 0.2) is 36.4 Å². The van der Waals surface area contributed by atoms with Gasteiger partial charge in [-0.25, -0.2) is 0 Å². The van der Waals surface area contributed by atoms with Crippen molar-refractivity contribution >= 4 is 16.7 Å². The fourth-order valence-electron chi connectivity index (χ4n) is 2.20. The van der Waals surface area contributed by atoms with E-state index in [-0.39, 0.29) is 11.9 Å². The van der Waals surface area contributed by atoms with E-state index in [1.54, 1.807) is 7.11 Å². The van der Waals surface area contributed by atoms with Crippen LogP contribution in [0.2, 0.25) is 0 Å². The average Bonchev–Trinajstić information content (AvgIpc) is 2.52. The third kappa shape index (κ3) is 3.95. The Bertz CT molecular complexity index is 625. The molecule has 0 aromatic heterocycles. The van der Waals surface area contributed by atoms with Gasteiger partial charge in [-0.2, -0.15) is 0 Å². The molecule has 2 aromatic rings. The summed E-state index contributed by atoms with van der Waals surface area (Å²) in [6.45, 7) is 5.11. The van der Waals surface area contributed by atoms with Crippen molar-refractivity contribution in [3.8, 4) is 5.75 Å². The molecule has 2 aromatic carbocycles. The van der Waals surface area contributed by atoms with Crippen molar-refractivity contribution in [3.05, 3.63) is 42.0 Å². The minimum atomic E-state index is -0.198. The van der Waals surface area contributed by atoms with E-state index in [2.05, 4.69) is 28.8 Å². The Balaban J connectivity index is 2.04. The minimum Gasteiger partial charge on any atom is -0.497 e. The largest absolute Gasteiger partial charge is 0.497 e. The molecule has 0 heterocycles. The molecule has 0 spiro atoms. The predicted molar refractivity (Wildman–Crippen MR) is 85.5 cm³/mol. The minimum absolute atomic E-state index is 0.0306. The van der Waals surface area contributed by atoms with Gasteiger partial charge >= 0.3 is 0 Å². The molecule has 1 amide bonds. The van der Waals surface area contributed by atoms with Gasteiger partial charge in [0, 0.05) is 13.1 Å². The smallest absolute Gasteiger partial charge is 0.236 e. The fraction of sp³-hybridized carbons (Fsp3) is 0.353. The normalized spacial score (nSPS) is 12.1. The van der Waals surface area contributed by atoms with Crippen molar-refractivity contribution in [2.45, 2.75) is 26.4 Å². The van der Waals surface area contributed by atoms with Crippen LogP contribution >= 0.6 is 0 Å². The molecule has 4 nitrogen and oxygen atoms in total. The lowest BCUT2D eigenvalue weighted by Crippen LogP contribution is -2.41. The highest BCUT2D eigenvalue weighted by molar-refractivity contribution is 5.84. The molecule has 0 saturated carbocycles. The van der Waals surface area contributed by atoms with E-state index in [0.29, 0.717) is 13.1 Å². The molecule has 1 unspecified atom stereocenters. The number of carbonyl (C=O) groups is 1. The SMILES string of the molecule is CCNC(=O)C(C)NCc1ccc2cc(OC)ccc2c1. The number of amides is 1. The maximum absolute atomic E-state index is 11.7. The lowest BCUT2D eigenvalue weighted by molar-refractivity contribution is -0.122. The molecule has 0 bridgehead atoms. The zero-order valence-corrected chi connectivity index (χ0v) is 12.8. The van der Waals surface area contributed by atoms with Crippen LogP contribution in [0.25, 0.3) is 10.8 Å². The first-order valence-electron chi connectivity index (χ1n) is 7.22. The van der Waals surface area contributed by atoms with Gasteiger partial charge in [-0.1, -0.05) is 18.2 Å². The van der Waals surface area contributed by atoms with E-state index >= 15 is 0 Å². The zero-order valence-electron chi connectivity index (χ0n) is 12.8. The number of hydrogen-bond donors (Lipinski definition) is 2. The van der Waals surface area contributed by atoms with Crippen molar-refractivity contribution in [2.75, 3.05) is 13.7 Å². The van der Waals surface area contributed by atoms with Crippen molar-refractivity contribution < 1.29 is 9.53 Å². The first-order chi connectivity index (χ1) is 10.1. The van der Waals surface area contributed by atoms with Crippen molar-refractivity contribution in [1.82, 2.24) is 10.6 Å². The second kappa shape index (κ2) is 7.09. The average molecular weight is 286 g/mol. The maximum atomic E-state index is 11.7. The Kier molecular flexibility index (Phi) is 5.17. The predicted octanol–water partition coefficient (Wildman–Crippen LogP) is 2.46. The summed E-state index contributed by atoms with van der Waals surface area (Å²) in [5.41, 5.74) is 1.16. The van der Waals surface area contributed by atoms with E-state index < -0.39 is 0 Å². The van der Waals surface area contributed by atoms with Crippen LogP contribution in [-0.4, -0.2) is 25.6 Å². The number of carbonyl (C=O) groups excluding carboxylic acids is 1. The molecule has 0 aliphatic rings. The Morgan fingerprint density at radius 3 is 2.62 bits per heavy atom. The summed E-state index contributed by atoms with van der Waals surface area (Å²) in [5, 5.41) is 8.36. The van der Waals surface area contributed by atoms with E-state index in [1.807, 2.05) is 32.0 Å². The Hall–Kier alpha value is -2.07. The summed E-state index contributed by atoms with van der Waals surface area (Å²) in [6.07, 6.45) is 0. The maximum Gasteiger partial charge on any atom is 0.236 e. The van der Waals surface area contributed by atoms with Gasteiger partial charge in [0.15, 0.2) is 0 Å². The molecule has 112 valence electrons. The zero-order chi connectivity index (χ0) is 15.2. The summed E-state index contributed by atoms with van der Waals surface area (Å²) in [4.78, 5) is 11.7. The molecular weight excluding hydrogens is 264 g/mol. The monoisotopic (exact) mass is 286 g/mol. The highest BCUT2D eigenvalue weighted by atomic mass is 16.5. The van der Waals surface area contributed by atoms with Gasteiger partial charge in [-0.3, -0.25) is 4.79 Å². The molecule has 0 aliphatic heterocycles. The van der Waals surface area contributed by atoms with E-state index in [1.165, 1.54) is 5.39 Å². The number of hydrogen-bond acceptors (Lipinski definition) is 3. The Morgan fingerprint density at radius 1 is 1.19 bits per heavy atom. The molecule has 1 atom stereocenters.